The summed E-state index contributed by atoms with van der Waals surface area (Å²) in [5.41, 5.74) is 7.84. The third kappa shape index (κ3) is 4.58. The van der Waals surface area contributed by atoms with Gasteiger partial charge >= 0.3 is 0 Å². The molecule has 2 fully saturated rings. The lowest BCUT2D eigenvalue weighted by Gasteiger charge is -2.54. The van der Waals surface area contributed by atoms with Crippen LogP contribution in [-0.2, 0) is 14.3 Å². The van der Waals surface area contributed by atoms with E-state index >= 15 is 0 Å². The van der Waals surface area contributed by atoms with Gasteiger partial charge in [0.15, 0.2) is 0 Å². The van der Waals surface area contributed by atoms with Crippen LogP contribution in [0.25, 0.3) is 0 Å². The molecule has 7 nitrogen and oxygen atoms in total. The third-order valence-electron chi connectivity index (χ3n) is 8.28. The molecule has 1 saturated heterocycles. The molecular weight excluding hydrogens is 480 g/mol. The highest BCUT2D eigenvalue weighted by Gasteiger charge is 2.67. The Bertz CT molecular complexity index is 1060. The molecule has 4 N–H and O–H groups in total. The molecule has 0 bridgehead atoms. The van der Waals surface area contributed by atoms with E-state index in [1.807, 2.05) is 44.2 Å². The van der Waals surface area contributed by atoms with E-state index in [-0.39, 0.29) is 29.5 Å². The lowest BCUT2D eigenvalue weighted by Crippen LogP contribution is -2.66. The average Bonchev–Trinajstić information content (AvgIpc) is 3.06. The zero-order valence-electron chi connectivity index (χ0n) is 21.3. The molecule has 2 aliphatic rings. The molecule has 2 aromatic carbocycles. The van der Waals surface area contributed by atoms with Gasteiger partial charge in [-0.05, 0) is 67.5 Å². The Morgan fingerprint density at radius 3 is 2.53 bits per heavy atom. The number of nitrogens with two attached hydrogens (primary N) is 1. The second kappa shape index (κ2) is 11.0. The standard InChI is InChI=1S/C28H37ClN2O5/c1-4-27-12-11-23(22-10-9-21(17-24(22)29)36-16-15-35-14-13-34-3)25(19-5-7-20(32)8-6-19)28(27,30)18(2)31-26(27)33/h5-10,17-18,23,25,32H,4,11-16,30H2,1-3H3,(H,31,33). The molecular formula is C28H37ClN2O5. The molecule has 4 rings (SSSR count). The summed E-state index contributed by atoms with van der Waals surface area (Å²) >= 11 is 6.85. The van der Waals surface area contributed by atoms with Crippen molar-refractivity contribution in [2.24, 2.45) is 11.1 Å². The summed E-state index contributed by atoms with van der Waals surface area (Å²) < 4.78 is 16.3. The van der Waals surface area contributed by atoms with Crippen molar-refractivity contribution in [1.82, 2.24) is 5.32 Å². The van der Waals surface area contributed by atoms with Crippen molar-refractivity contribution in [3.05, 3.63) is 58.6 Å². The molecule has 2 aromatic rings. The highest BCUT2D eigenvalue weighted by molar-refractivity contribution is 6.31. The summed E-state index contributed by atoms with van der Waals surface area (Å²) in [5, 5.41) is 13.7. The number of carbonyl (C=O) groups is 1. The van der Waals surface area contributed by atoms with E-state index in [9.17, 15) is 9.90 Å². The maximum atomic E-state index is 13.3. The molecule has 1 saturated carbocycles. The van der Waals surface area contributed by atoms with Crippen LogP contribution in [-0.4, -0.2) is 56.1 Å². The molecule has 1 heterocycles. The second-order valence-electron chi connectivity index (χ2n) is 9.92. The monoisotopic (exact) mass is 516 g/mol. The van der Waals surface area contributed by atoms with Crippen LogP contribution in [0.4, 0.5) is 0 Å². The molecule has 1 amide bonds. The predicted molar refractivity (Wildman–Crippen MR) is 140 cm³/mol. The van der Waals surface area contributed by atoms with Crippen LogP contribution < -0.4 is 15.8 Å². The van der Waals surface area contributed by atoms with Crippen LogP contribution in [0.15, 0.2) is 42.5 Å². The molecule has 0 spiro atoms. The van der Waals surface area contributed by atoms with E-state index < -0.39 is 11.0 Å². The normalized spacial score (nSPS) is 29.6. The Labute approximate surface area is 218 Å². The minimum absolute atomic E-state index is 0.00621. The highest BCUT2D eigenvalue weighted by Crippen LogP contribution is 2.61. The summed E-state index contributed by atoms with van der Waals surface area (Å²) in [6.45, 7) is 5.99. The summed E-state index contributed by atoms with van der Waals surface area (Å²) in [4.78, 5) is 13.3. The van der Waals surface area contributed by atoms with Crippen LogP contribution >= 0.6 is 11.6 Å². The highest BCUT2D eigenvalue weighted by atomic mass is 35.5. The lowest BCUT2D eigenvalue weighted by atomic mass is 9.50. The number of halogens is 1. The molecule has 36 heavy (non-hydrogen) atoms. The number of benzene rings is 2. The van der Waals surface area contributed by atoms with Crippen molar-refractivity contribution in [2.75, 3.05) is 33.5 Å². The number of phenolic OH excluding ortho intramolecular Hbond substituents is 1. The number of aromatic hydroxyl groups is 1. The number of phenols is 1. The van der Waals surface area contributed by atoms with Crippen molar-refractivity contribution in [2.45, 2.75) is 56.5 Å². The number of hydrogen-bond donors (Lipinski definition) is 3. The first-order chi connectivity index (χ1) is 17.3. The van der Waals surface area contributed by atoms with Gasteiger partial charge in [-0.25, -0.2) is 0 Å². The van der Waals surface area contributed by atoms with E-state index in [0.29, 0.717) is 50.0 Å². The summed E-state index contributed by atoms with van der Waals surface area (Å²) in [7, 11) is 1.64. The summed E-state index contributed by atoms with van der Waals surface area (Å²) in [5.74, 6) is 0.711. The number of hydrogen-bond acceptors (Lipinski definition) is 6. The minimum Gasteiger partial charge on any atom is -0.508 e. The lowest BCUT2D eigenvalue weighted by molar-refractivity contribution is -0.132. The second-order valence-corrected chi connectivity index (χ2v) is 10.3. The minimum atomic E-state index is -0.823. The van der Waals surface area contributed by atoms with Gasteiger partial charge < -0.3 is 30.4 Å². The van der Waals surface area contributed by atoms with Gasteiger partial charge in [-0.2, -0.15) is 0 Å². The van der Waals surface area contributed by atoms with Crippen LogP contribution in [0.3, 0.4) is 0 Å². The van der Waals surface area contributed by atoms with Gasteiger partial charge in [0.2, 0.25) is 5.91 Å². The maximum absolute atomic E-state index is 13.3. The Hall–Kier alpha value is -2.32. The van der Waals surface area contributed by atoms with E-state index in [0.717, 1.165) is 17.5 Å². The molecule has 0 radical (unpaired) electrons. The van der Waals surface area contributed by atoms with E-state index in [1.54, 1.807) is 19.2 Å². The smallest absolute Gasteiger partial charge is 0.228 e. The molecule has 0 aromatic heterocycles. The molecule has 8 heteroatoms. The van der Waals surface area contributed by atoms with E-state index in [4.69, 9.17) is 31.5 Å². The number of ether oxygens (including phenoxy) is 3. The average molecular weight is 517 g/mol. The number of amides is 1. The Kier molecular flexibility index (Phi) is 8.15. The van der Waals surface area contributed by atoms with Crippen LogP contribution in [0.1, 0.15) is 56.1 Å². The van der Waals surface area contributed by atoms with Gasteiger partial charge in [0.1, 0.15) is 18.1 Å². The van der Waals surface area contributed by atoms with Gasteiger partial charge in [0.05, 0.1) is 30.8 Å². The maximum Gasteiger partial charge on any atom is 0.228 e. The molecule has 5 unspecified atom stereocenters. The topological polar surface area (TPSA) is 103 Å². The number of methoxy groups -OCH3 is 1. The fourth-order valence-corrected chi connectivity index (χ4v) is 6.70. The van der Waals surface area contributed by atoms with Gasteiger partial charge in [0, 0.05) is 24.1 Å². The Morgan fingerprint density at radius 2 is 1.86 bits per heavy atom. The van der Waals surface area contributed by atoms with Crippen molar-refractivity contribution in [3.63, 3.8) is 0 Å². The van der Waals surface area contributed by atoms with Crippen molar-refractivity contribution in [1.29, 1.82) is 0 Å². The van der Waals surface area contributed by atoms with Crippen molar-refractivity contribution < 1.29 is 24.1 Å². The van der Waals surface area contributed by atoms with Crippen LogP contribution in [0.5, 0.6) is 11.5 Å². The van der Waals surface area contributed by atoms with Gasteiger partial charge in [-0.1, -0.05) is 36.7 Å². The Balaban J connectivity index is 1.65. The zero-order valence-corrected chi connectivity index (χ0v) is 22.0. The van der Waals surface area contributed by atoms with Gasteiger partial charge in [-0.15, -0.1) is 0 Å². The van der Waals surface area contributed by atoms with Crippen LogP contribution in [0.2, 0.25) is 5.02 Å². The van der Waals surface area contributed by atoms with E-state index in [1.165, 1.54) is 0 Å². The largest absolute Gasteiger partial charge is 0.508 e. The summed E-state index contributed by atoms with van der Waals surface area (Å²) in [6, 6.07) is 12.8. The van der Waals surface area contributed by atoms with Gasteiger partial charge in [-0.3, -0.25) is 4.79 Å². The zero-order chi connectivity index (χ0) is 25.9. The quantitative estimate of drug-likeness (QED) is 0.405. The van der Waals surface area contributed by atoms with Crippen LogP contribution in [0, 0.1) is 5.41 Å². The van der Waals surface area contributed by atoms with Crippen molar-refractivity contribution >= 4 is 17.5 Å². The number of rotatable bonds is 10. The SMILES string of the molecule is CCC12CCC(c3ccc(OCCOCCOC)cc3Cl)C(c3ccc(O)cc3)C1(N)C(C)NC2=O. The first kappa shape index (κ1) is 26.7. The molecule has 1 aliphatic carbocycles. The Morgan fingerprint density at radius 1 is 1.14 bits per heavy atom. The fraction of sp³-hybridized carbons (Fsp3) is 0.536. The fourth-order valence-electron chi connectivity index (χ4n) is 6.39. The number of fused-ring (bicyclic) bond motifs is 1. The first-order valence-electron chi connectivity index (χ1n) is 12.7. The molecule has 5 atom stereocenters. The first-order valence-corrected chi connectivity index (χ1v) is 13.0. The number of nitrogens with one attached hydrogen (secondary N) is 1. The number of carbonyl (C=O) groups excluding carboxylic acids is 1. The molecule has 1 aliphatic heterocycles. The predicted octanol–water partition coefficient (Wildman–Crippen LogP) is 4.36. The van der Waals surface area contributed by atoms with Crippen molar-refractivity contribution in [3.8, 4) is 11.5 Å². The third-order valence-corrected chi connectivity index (χ3v) is 8.61. The summed E-state index contributed by atoms with van der Waals surface area (Å²) in [6.07, 6.45) is 2.11. The van der Waals surface area contributed by atoms with Gasteiger partial charge in [0.25, 0.3) is 0 Å². The molecule has 196 valence electrons. The van der Waals surface area contributed by atoms with E-state index in [2.05, 4.69) is 5.32 Å².